The highest BCUT2D eigenvalue weighted by Crippen LogP contribution is 2.41. The number of quaternary nitrogens is 1. The highest BCUT2D eigenvalue weighted by atomic mass is 32.2. The van der Waals surface area contributed by atoms with E-state index < -0.39 is 45.6 Å². The number of carbonyl (C=O) groups is 2. The zero-order valence-electron chi connectivity index (χ0n) is 26.3. The predicted molar refractivity (Wildman–Crippen MR) is 166 cm³/mol. The largest absolute Gasteiger partial charge is 0.466 e. The Morgan fingerprint density at radius 2 is 1.72 bits per heavy atom. The topological polar surface area (TPSA) is 144 Å². The van der Waals surface area contributed by atoms with Crippen LogP contribution >= 0.6 is 0 Å². The summed E-state index contributed by atoms with van der Waals surface area (Å²) < 4.78 is 71.6. The molecule has 2 amide bonds. The van der Waals surface area contributed by atoms with E-state index in [4.69, 9.17) is 10.1 Å². The Bertz CT molecular complexity index is 1640. The van der Waals surface area contributed by atoms with Crippen LogP contribution in [0.1, 0.15) is 42.5 Å². The second-order valence-corrected chi connectivity index (χ2v) is 14.1. The van der Waals surface area contributed by atoms with Crippen LogP contribution in [0.25, 0.3) is 0 Å². The van der Waals surface area contributed by atoms with Crippen molar-refractivity contribution >= 4 is 33.5 Å². The maximum absolute atomic E-state index is 13.8. The van der Waals surface area contributed by atoms with E-state index in [1.165, 1.54) is 37.3 Å². The van der Waals surface area contributed by atoms with Gasteiger partial charge in [0.2, 0.25) is 5.96 Å². The molecular weight excluding hydrogens is 625 g/mol. The first kappa shape index (κ1) is 36.1. The fraction of sp³-hybridized carbons (Fsp3) is 0.419. The molecule has 0 saturated carbocycles. The number of allylic oxidation sites excluding steroid dienone is 1. The van der Waals surface area contributed by atoms with E-state index in [0.29, 0.717) is 28.6 Å². The fourth-order valence-corrected chi connectivity index (χ4v) is 6.40. The number of halogens is 3. The molecule has 0 saturated heterocycles. The molecule has 0 fully saturated rings. The second kappa shape index (κ2) is 14.3. The van der Waals surface area contributed by atoms with E-state index in [2.05, 4.69) is 5.32 Å². The number of urea groups is 1. The monoisotopic (exact) mass is 663 g/mol. The van der Waals surface area contributed by atoms with Crippen molar-refractivity contribution < 1.29 is 40.4 Å². The maximum Gasteiger partial charge on any atom is 0.416 e. The fourth-order valence-electron chi connectivity index (χ4n) is 5.05. The van der Waals surface area contributed by atoms with Crippen molar-refractivity contribution in [2.24, 2.45) is 0 Å². The number of nitrogens with one attached hydrogen (secondary N) is 2. The molecule has 0 bridgehead atoms. The van der Waals surface area contributed by atoms with Gasteiger partial charge in [0.1, 0.15) is 6.04 Å². The van der Waals surface area contributed by atoms with E-state index in [0.717, 1.165) is 35.1 Å². The number of sulfone groups is 1. The molecule has 1 aliphatic rings. The Hall–Kier alpha value is -4.42. The summed E-state index contributed by atoms with van der Waals surface area (Å²) in [6.07, 6.45) is -4.16. The molecule has 0 spiro atoms. The third-order valence-corrected chi connectivity index (χ3v) is 9.12. The van der Waals surface area contributed by atoms with Crippen molar-refractivity contribution in [1.82, 2.24) is 10.2 Å². The van der Waals surface area contributed by atoms with Gasteiger partial charge in [0.25, 0.3) is 0 Å². The van der Waals surface area contributed by atoms with Crippen molar-refractivity contribution in [3.05, 3.63) is 76.5 Å². The van der Waals surface area contributed by atoms with Crippen molar-refractivity contribution in [1.29, 1.82) is 10.7 Å². The van der Waals surface area contributed by atoms with Gasteiger partial charge in [-0.15, -0.1) is 0 Å². The first-order valence-electron chi connectivity index (χ1n) is 14.3. The van der Waals surface area contributed by atoms with E-state index >= 15 is 0 Å². The van der Waals surface area contributed by atoms with Crippen LogP contribution in [0.2, 0.25) is 0 Å². The summed E-state index contributed by atoms with van der Waals surface area (Å²) in [6.45, 7) is 2.00. The minimum absolute atomic E-state index is 0.00743. The Morgan fingerprint density at radius 1 is 1.09 bits per heavy atom. The first-order chi connectivity index (χ1) is 21.4. The number of rotatable bonds is 11. The van der Waals surface area contributed by atoms with Gasteiger partial charge in [-0.2, -0.15) is 18.4 Å². The third kappa shape index (κ3) is 8.85. The number of methoxy groups -OCH3 is 1. The van der Waals surface area contributed by atoms with Gasteiger partial charge in [-0.05, 0) is 49.2 Å². The van der Waals surface area contributed by atoms with Gasteiger partial charge >= 0.3 is 18.2 Å². The SMILES string of the molecule is COC(=O)C1=C(C)N(c2cccc(C(F)(F)F)c2)C(=N)N(C(=O)NCCCS(=O)(=O)CCC[N+](C)(C)C)[C@@H]1c1ccc(C#N)cc1. The predicted octanol–water partition coefficient (Wildman–Crippen LogP) is 4.43. The minimum atomic E-state index is -4.70. The zero-order valence-corrected chi connectivity index (χ0v) is 27.1. The summed E-state index contributed by atoms with van der Waals surface area (Å²) in [6, 6.07) is 9.84. The molecule has 0 aromatic heterocycles. The Morgan fingerprint density at radius 3 is 2.28 bits per heavy atom. The van der Waals surface area contributed by atoms with E-state index in [9.17, 15) is 36.4 Å². The van der Waals surface area contributed by atoms with Crippen LogP contribution in [0.4, 0.5) is 23.7 Å². The van der Waals surface area contributed by atoms with Crippen LogP contribution in [0.3, 0.4) is 0 Å². The second-order valence-electron chi connectivity index (χ2n) is 11.8. The zero-order chi connectivity index (χ0) is 34.4. The maximum atomic E-state index is 13.8. The highest BCUT2D eigenvalue weighted by molar-refractivity contribution is 7.91. The molecule has 0 unspecified atom stereocenters. The molecule has 1 atom stereocenters. The molecule has 1 heterocycles. The van der Waals surface area contributed by atoms with E-state index in [-0.39, 0.29) is 41.4 Å². The lowest BCUT2D eigenvalue weighted by Gasteiger charge is -2.43. The number of ether oxygens (including phenoxy) is 1. The Labute approximate surface area is 266 Å². The van der Waals surface area contributed by atoms with E-state index in [1.54, 1.807) is 0 Å². The molecule has 15 heteroatoms. The number of guanidine groups is 1. The van der Waals surface area contributed by atoms with Crippen LogP contribution < -0.4 is 10.2 Å². The number of hydrogen-bond acceptors (Lipinski definition) is 7. The molecule has 0 radical (unpaired) electrons. The molecule has 3 rings (SSSR count). The summed E-state index contributed by atoms with van der Waals surface area (Å²) in [4.78, 5) is 29.0. The standard InChI is InChI=1S/C31H37F3N6O5S/c1-21-26(28(41)45-5)27(23-13-11-22(20-35)12-14-23)39(29(36)38(21)25-10-6-9-24(19-25)31(32,33)34)30(42)37-15-7-17-46(43,44)18-8-16-40(2,3)4/h6,9-14,19,27,36H,7-8,15-18H2,1-5H3/p+1/t27-/m1/s1. The van der Waals surface area contributed by atoms with Gasteiger partial charge in [-0.25, -0.2) is 18.0 Å². The number of benzene rings is 2. The van der Waals surface area contributed by atoms with E-state index in [1.807, 2.05) is 27.2 Å². The molecule has 1 aliphatic heterocycles. The first-order valence-corrected chi connectivity index (χ1v) is 16.2. The molecule has 2 N–H and O–H groups in total. The summed E-state index contributed by atoms with van der Waals surface area (Å²) in [5.41, 5.74) is -0.598. The molecule has 2 aromatic rings. The number of alkyl halides is 3. The summed E-state index contributed by atoms with van der Waals surface area (Å²) >= 11 is 0. The summed E-state index contributed by atoms with van der Waals surface area (Å²) in [5, 5.41) is 20.9. The van der Waals surface area contributed by atoms with Gasteiger partial charge < -0.3 is 14.5 Å². The number of carbonyl (C=O) groups excluding carboxylic acids is 2. The molecule has 248 valence electrons. The molecule has 2 aromatic carbocycles. The average Bonchev–Trinajstić information content (AvgIpc) is 2.97. The van der Waals surface area contributed by atoms with Crippen LogP contribution in [-0.2, 0) is 25.5 Å². The number of amides is 2. The van der Waals surface area contributed by atoms with Gasteiger partial charge in [-0.3, -0.25) is 15.2 Å². The highest BCUT2D eigenvalue weighted by Gasteiger charge is 2.44. The van der Waals surface area contributed by atoms with Gasteiger partial charge in [-0.1, -0.05) is 18.2 Å². The quantitative estimate of drug-likeness (QED) is 0.206. The smallest absolute Gasteiger partial charge is 0.416 e. The minimum Gasteiger partial charge on any atom is -0.466 e. The number of esters is 1. The number of nitrogens with zero attached hydrogens (tertiary/aromatic N) is 4. The lowest BCUT2D eigenvalue weighted by Crippen LogP contribution is -2.56. The molecule has 0 aliphatic carbocycles. The van der Waals surface area contributed by atoms with Crippen LogP contribution in [0.5, 0.6) is 0 Å². The normalized spacial score (nSPS) is 15.9. The number of anilines is 1. The van der Waals surface area contributed by atoms with Crippen LogP contribution in [0.15, 0.2) is 59.8 Å². The summed E-state index contributed by atoms with van der Waals surface area (Å²) in [5.74, 6) is -1.66. The van der Waals surface area contributed by atoms with Crippen molar-refractivity contribution in [2.45, 2.75) is 32.0 Å². The molecule has 11 nitrogen and oxygen atoms in total. The summed E-state index contributed by atoms with van der Waals surface area (Å²) in [7, 11) is 3.59. The third-order valence-electron chi connectivity index (χ3n) is 7.30. The van der Waals surface area contributed by atoms with Gasteiger partial charge in [0.15, 0.2) is 9.84 Å². The van der Waals surface area contributed by atoms with Gasteiger partial charge in [0.05, 0.1) is 69.1 Å². The van der Waals surface area contributed by atoms with Crippen LogP contribution in [-0.4, -0.2) is 88.6 Å². The Balaban J connectivity index is 2.00. The van der Waals surface area contributed by atoms with Gasteiger partial charge in [0, 0.05) is 24.4 Å². The van der Waals surface area contributed by atoms with Crippen molar-refractivity contribution in [3.8, 4) is 6.07 Å². The van der Waals surface area contributed by atoms with Crippen LogP contribution in [0, 0.1) is 16.7 Å². The van der Waals surface area contributed by atoms with Crippen molar-refractivity contribution in [3.63, 3.8) is 0 Å². The lowest BCUT2D eigenvalue weighted by atomic mass is 9.92. The molecule has 46 heavy (non-hydrogen) atoms. The van der Waals surface area contributed by atoms with Crippen molar-refractivity contribution in [2.75, 3.05) is 57.7 Å². The average molecular weight is 664 g/mol. The lowest BCUT2D eigenvalue weighted by molar-refractivity contribution is -0.870. The Kier molecular flexibility index (Phi) is 11.2. The number of nitriles is 1. The number of hydrogen-bond donors (Lipinski definition) is 2. The molecular formula is C31H38F3N6O5S+.